The highest BCUT2D eigenvalue weighted by atomic mass is 35.5. The summed E-state index contributed by atoms with van der Waals surface area (Å²) < 4.78 is 39.4. The third-order valence-electron chi connectivity index (χ3n) is 4.55. The lowest BCUT2D eigenvalue weighted by atomic mass is 10.0. The maximum Gasteiger partial charge on any atom is 0.416 e. The molecule has 2 aromatic carbocycles. The first kappa shape index (κ1) is 19.7. The largest absolute Gasteiger partial charge is 0.416 e. The number of aryl methyl sites for hydroxylation is 2. The number of rotatable bonds is 3. The van der Waals surface area contributed by atoms with Crippen molar-refractivity contribution in [3.63, 3.8) is 0 Å². The Hall–Kier alpha value is -2.64. The maximum absolute atomic E-state index is 13.1. The van der Waals surface area contributed by atoms with Gasteiger partial charge in [0.05, 0.1) is 21.7 Å². The Balaban J connectivity index is 1.87. The second-order valence-corrected chi connectivity index (χ2v) is 8.23. The number of nitrogens with zero attached hydrogens (tertiary/aromatic N) is 2. The molecule has 0 radical (unpaired) electrons. The molecular formula is C21H15ClF3N3S. The minimum absolute atomic E-state index is 0.139. The lowest BCUT2D eigenvalue weighted by Gasteiger charge is -2.13. The summed E-state index contributed by atoms with van der Waals surface area (Å²) in [5, 5.41) is 3.92. The average molecular weight is 434 g/mol. The van der Waals surface area contributed by atoms with E-state index in [-0.39, 0.29) is 10.7 Å². The molecule has 0 aliphatic heterocycles. The van der Waals surface area contributed by atoms with Crippen LogP contribution in [0.2, 0.25) is 5.02 Å². The molecule has 3 nitrogen and oxygen atoms in total. The van der Waals surface area contributed by atoms with Crippen LogP contribution in [0.4, 0.5) is 24.7 Å². The molecule has 0 atom stereocenters. The molecule has 0 bridgehead atoms. The van der Waals surface area contributed by atoms with Gasteiger partial charge in [-0.2, -0.15) is 13.2 Å². The van der Waals surface area contributed by atoms with Crippen LogP contribution < -0.4 is 5.32 Å². The van der Waals surface area contributed by atoms with Crippen molar-refractivity contribution < 1.29 is 13.2 Å². The van der Waals surface area contributed by atoms with Crippen molar-refractivity contribution >= 4 is 44.7 Å². The molecule has 4 aromatic rings. The number of hydrogen-bond donors (Lipinski definition) is 1. The first-order chi connectivity index (χ1) is 13.7. The number of anilines is 2. The van der Waals surface area contributed by atoms with Crippen LogP contribution in [0, 0.1) is 13.8 Å². The van der Waals surface area contributed by atoms with Crippen LogP contribution in [0.5, 0.6) is 0 Å². The van der Waals surface area contributed by atoms with E-state index in [2.05, 4.69) is 15.3 Å². The minimum Gasteiger partial charge on any atom is -0.338 e. The quantitative estimate of drug-likeness (QED) is 0.366. The molecular weight excluding hydrogens is 419 g/mol. The number of aromatic nitrogens is 2. The zero-order valence-electron chi connectivity index (χ0n) is 15.4. The molecule has 0 fully saturated rings. The zero-order valence-corrected chi connectivity index (χ0v) is 17.0. The molecule has 2 aromatic heterocycles. The van der Waals surface area contributed by atoms with Gasteiger partial charge >= 0.3 is 6.18 Å². The van der Waals surface area contributed by atoms with E-state index in [0.717, 1.165) is 43.9 Å². The van der Waals surface area contributed by atoms with Crippen molar-refractivity contribution in [3.8, 4) is 11.1 Å². The van der Waals surface area contributed by atoms with Crippen LogP contribution in [0.15, 0.2) is 48.8 Å². The number of fused-ring (bicyclic) bond motifs is 1. The molecule has 0 amide bonds. The second kappa shape index (κ2) is 7.31. The Labute approximate surface area is 174 Å². The monoisotopic (exact) mass is 433 g/mol. The summed E-state index contributed by atoms with van der Waals surface area (Å²) in [6.07, 6.45) is -3.07. The van der Waals surface area contributed by atoms with Gasteiger partial charge in [0.1, 0.15) is 17.0 Å². The first-order valence-electron chi connectivity index (χ1n) is 8.69. The van der Waals surface area contributed by atoms with E-state index in [0.29, 0.717) is 5.82 Å². The van der Waals surface area contributed by atoms with Gasteiger partial charge in [-0.3, -0.25) is 0 Å². The summed E-state index contributed by atoms with van der Waals surface area (Å²) in [6, 6.07) is 11.2. The van der Waals surface area contributed by atoms with E-state index in [4.69, 9.17) is 11.6 Å². The van der Waals surface area contributed by atoms with Gasteiger partial charge in [0.2, 0.25) is 0 Å². The van der Waals surface area contributed by atoms with Crippen LogP contribution in [-0.2, 0) is 6.18 Å². The van der Waals surface area contributed by atoms with E-state index >= 15 is 0 Å². The molecule has 0 saturated heterocycles. The van der Waals surface area contributed by atoms with E-state index in [1.807, 2.05) is 38.1 Å². The fourth-order valence-electron chi connectivity index (χ4n) is 3.13. The third kappa shape index (κ3) is 3.80. The summed E-state index contributed by atoms with van der Waals surface area (Å²) in [5.41, 5.74) is 2.44. The van der Waals surface area contributed by atoms with Crippen LogP contribution in [0.3, 0.4) is 0 Å². The lowest BCUT2D eigenvalue weighted by molar-refractivity contribution is -0.137. The van der Waals surface area contributed by atoms with Gasteiger partial charge in [-0.1, -0.05) is 41.4 Å². The number of alkyl halides is 3. The van der Waals surface area contributed by atoms with Crippen LogP contribution in [-0.4, -0.2) is 9.97 Å². The predicted octanol–water partition coefficient (Wildman–Crippen LogP) is 7.39. The highest BCUT2D eigenvalue weighted by Gasteiger charge is 2.31. The Kier molecular flexibility index (Phi) is 4.96. The standard InChI is InChI=1S/C21H15ClF3N3S/c1-11-3-5-13(6-4-11)17-12(2)29-20-18(17)19(26-10-27-20)28-16-9-14(21(23,24)25)7-8-15(16)22/h3-10H,1-2H3,(H,26,27,28). The van der Waals surface area contributed by atoms with Gasteiger partial charge in [-0.25, -0.2) is 9.97 Å². The predicted molar refractivity (Wildman–Crippen MR) is 112 cm³/mol. The third-order valence-corrected chi connectivity index (χ3v) is 5.89. The lowest BCUT2D eigenvalue weighted by Crippen LogP contribution is -2.06. The average Bonchev–Trinajstić information content (AvgIpc) is 3.00. The van der Waals surface area contributed by atoms with Gasteiger partial charge < -0.3 is 5.32 Å². The summed E-state index contributed by atoms with van der Waals surface area (Å²) in [6.45, 7) is 4.00. The summed E-state index contributed by atoms with van der Waals surface area (Å²) in [7, 11) is 0. The fourth-order valence-corrected chi connectivity index (χ4v) is 4.31. The fraction of sp³-hybridized carbons (Fsp3) is 0.143. The Morgan fingerprint density at radius 2 is 1.72 bits per heavy atom. The smallest absolute Gasteiger partial charge is 0.338 e. The van der Waals surface area contributed by atoms with Gasteiger partial charge in [0, 0.05) is 10.4 Å². The molecule has 0 aliphatic rings. The maximum atomic E-state index is 13.1. The molecule has 2 heterocycles. The number of nitrogens with one attached hydrogen (secondary N) is 1. The van der Waals surface area contributed by atoms with Gasteiger partial charge in [0.15, 0.2) is 0 Å². The van der Waals surface area contributed by atoms with Crippen molar-refractivity contribution in [2.75, 3.05) is 5.32 Å². The molecule has 0 unspecified atom stereocenters. The number of benzene rings is 2. The van der Waals surface area contributed by atoms with Gasteiger partial charge in [-0.05, 0) is 37.6 Å². The molecule has 1 N–H and O–H groups in total. The van der Waals surface area contributed by atoms with Crippen molar-refractivity contribution in [3.05, 3.63) is 69.8 Å². The number of hydrogen-bond acceptors (Lipinski definition) is 4. The normalized spacial score (nSPS) is 11.8. The molecule has 0 saturated carbocycles. The molecule has 29 heavy (non-hydrogen) atoms. The molecule has 4 rings (SSSR count). The number of thiophene rings is 1. The topological polar surface area (TPSA) is 37.8 Å². The highest BCUT2D eigenvalue weighted by molar-refractivity contribution is 7.19. The Morgan fingerprint density at radius 3 is 2.41 bits per heavy atom. The van der Waals surface area contributed by atoms with Crippen molar-refractivity contribution in [1.29, 1.82) is 0 Å². The highest BCUT2D eigenvalue weighted by Crippen LogP contribution is 2.42. The van der Waals surface area contributed by atoms with Gasteiger partial charge in [-0.15, -0.1) is 11.3 Å². The van der Waals surface area contributed by atoms with Crippen LogP contribution >= 0.6 is 22.9 Å². The summed E-state index contributed by atoms with van der Waals surface area (Å²) in [4.78, 5) is 10.4. The SMILES string of the molecule is Cc1ccc(-c2c(C)sc3ncnc(Nc4cc(C(F)(F)F)ccc4Cl)c23)cc1. The zero-order chi connectivity index (χ0) is 20.8. The summed E-state index contributed by atoms with van der Waals surface area (Å²) in [5.74, 6) is 0.413. The van der Waals surface area contributed by atoms with Crippen molar-refractivity contribution in [2.24, 2.45) is 0 Å². The van der Waals surface area contributed by atoms with E-state index in [1.165, 1.54) is 23.7 Å². The molecule has 0 spiro atoms. The summed E-state index contributed by atoms with van der Waals surface area (Å²) >= 11 is 7.67. The minimum atomic E-state index is -4.46. The van der Waals surface area contributed by atoms with Crippen molar-refractivity contribution in [2.45, 2.75) is 20.0 Å². The first-order valence-corrected chi connectivity index (χ1v) is 9.88. The van der Waals surface area contributed by atoms with Gasteiger partial charge in [0.25, 0.3) is 0 Å². The van der Waals surface area contributed by atoms with E-state index in [9.17, 15) is 13.2 Å². The number of halogens is 4. The molecule has 8 heteroatoms. The van der Waals surface area contributed by atoms with Crippen LogP contribution in [0.1, 0.15) is 16.0 Å². The van der Waals surface area contributed by atoms with Crippen LogP contribution in [0.25, 0.3) is 21.3 Å². The van der Waals surface area contributed by atoms with Crippen molar-refractivity contribution in [1.82, 2.24) is 9.97 Å². The Bertz CT molecular complexity index is 1200. The molecule has 148 valence electrons. The van der Waals surface area contributed by atoms with E-state index in [1.54, 1.807) is 0 Å². The second-order valence-electron chi connectivity index (χ2n) is 6.62. The van der Waals surface area contributed by atoms with E-state index < -0.39 is 11.7 Å². The Morgan fingerprint density at radius 1 is 1.00 bits per heavy atom. The molecule has 0 aliphatic carbocycles.